The van der Waals surface area contributed by atoms with Crippen molar-refractivity contribution in [2.24, 2.45) is 0 Å². The van der Waals surface area contributed by atoms with Crippen LogP contribution in [-0.4, -0.2) is 68.6 Å². The molecule has 1 fully saturated rings. The molecule has 2 aromatic rings. The highest BCUT2D eigenvalue weighted by Gasteiger charge is 2.49. The van der Waals surface area contributed by atoms with E-state index in [2.05, 4.69) is 18.7 Å². The van der Waals surface area contributed by atoms with Gasteiger partial charge < -0.3 is 9.64 Å². The number of benzene rings is 2. The lowest BCUT2D eigenvalue weighted by Crippen LogP contribution is -2.50. The second-order valence-electron chi connectivity index (χ2n) is 9.46. The van der Waals surface area contributed by atoms with E-state index in [1.54, 1.807) is 36.4 Å². The van der Waals surface area contributed by atoms with Crippen LogP contribution in [-0.2, 0) is 31.1 Å². The van der Waals surface area contributed by atoms with E-state index in [0.717, 1.165) is 31.3 Å². The Hall–Kier alpha value is -2.75. The maximum Gasteiger partial charge on any atom is 0.350 e. The lowest BCUT2D eigenvalue weighted by molar-refractivity contribution is -0.154. The van der Waals surface area contributed by atoms with Gasteiger partial charge in [-0.25, -0.2) is 8.98 Å². The lowest BCUT2D eigenvalue weighted by atomic mass is 9.79. The third kappa shape index (κ3) is 5.58. The van der Waals surface area contributed by atoms with Crippen LogP contribution in [0.2, 0.25) is 0 Å². The summed E-state index contributed by atoms with van der Waals surface area (Å²) in [4.78, 5) is 30.5. The Morgan fingerprint density at radius 1 is 0.971 bits per heavy atom. The monoisotopic (exact) mass is 500 g/mol. The molecule has 0 radical (unpaired) electrons. The first kappa shape index (κ1) is 25.3. The van der Waals surface area contributed by atoms with Crippen molar-refractivity contribution in [1.29, 1.82) is 0 Å². The smallest absolute Gasteiger partial charge is 0.350 e. The van der Waals surface area contributed by atoms with Crippen LogP contribution < -0.4 is 4.74 Å². The van der Waals surface area contributed by atoms with Gasteiger partial charge in [0.1, 0.15) is 5.75 Å². The van der Waals surface area contributed by atoms with Crippen LogP contribution >= 0.6 is 0 Å². The van der Waals surface area contributed by atoms with E-state index in [0.29, 0.717) is 36.7 Å². The Bertz CT molecular complexity index is 1190. The molecular formula is C26H32N2O6S. The zero-order valence-electron chi connectivity index (χ0n) is 20.4. The molecule has 0 saturated carbocycles. The number of rotatable bonds is 6. The lowest BCUT2D eigenvalue weighted by Gasteiger charge is -2.37. The molecule has 1 unspecified atom stereocenters. The van der Waals surface area contributed by atoms with Crippen molar-refractivity contribution in [3.8, 4) is 5.75 Å². The molecular weight excluding hydrogens is 468 g/mol. The van der Waals surface area contributed by atoms with Crippen molar-refractivity contribution < 1.29 is 26.9 Å². The van der Waals surface area contributed by atoms with Crippen molar-refractivity contribution in [3.05, 3.63) is 65.2 Å². The second-order valence-corrected chi connectivity index (χ2v) is 11.0. The molecule has 2 aromatic carbocycles. The average Bonchev–Trinajstić information content (AvgIpc) is 2.83. The molecule has 9 heteroatoms. The molecule has 0 N–H and O–H groups in total. The molecule has 0 bridgehead atoms. The number of fused-ring (bicyclic) bond motifs is 1. The molecule has 2 aliphatic rings. The highest BCUT2D eigenvalue weighted by Crippen LogP contribution is 2.41. The molecule has 8 nitrogen and oxygen atoms in total. The van der Waals surface area contributed by atoms with E-state index in [1.165, 1.54) is 0 Å². The fourth-order valence-electron chi connectivity index (χ4n) is 4.86. The summed E-state index contributed by atoms with van der Waals surface area (Å²) in [7, 11) is -3.96. The van der Waals surface area contributed by atoms with E-state index in [9.17, 15) is 18.0 Å². The van der Waals surface area contributed by atoms with Crippen molar-refractivity contribution in [3.63, 3.8) is 0 Å². The zero-order chi connectivity index (χ0) is 25.2. The maximum absolute atomic E-state index is 13.4. The van der Waals surface area contributed by atoms with Gasteiger partial charge in [0.05, 0.1) is 6.26 Å². The Labute approximate surface area is 206 Å². The molecule has 1 amide bonds. The number of carbonyl (C=O) groups is 2. The summed E-state index contributed by atoms with van der Waals surface area (Å²) in [5.74, 6) is -0.640. The van der Waals surface area contributed by atoms with Crippen LogP contribution in [0.25, 0.3) is 0 Å². The second kappa shape index (κ2) is 10.1. The van der Waals surface area contributed by atoms with Crippen LogP contribution in [0.3, 0.4) is 0 Å². The topological polar surface area (TPSA) is 93.2 Å². The van der Waals surface area contributed by atoms with Crippen molar-refractivity contribution in [1.82, 2.24) is 9.80 Å². The first-order valence-corrected chi connectivity index (χ1v) is 13.8. The molecule has 1 aliphatic heterocycles. The van der Waals surface area contributed by atoms with E-state index in [4.69, 9.17) is 8.92 Å². The Balaban J connectivity index is 1.51. The SMILES string of the molecule is CC(C)N1CCN(C(=O)c2ccc(OC(=O)C3(OS(C)(=O)=O)CCCc4ccccc43)cc2)CC1. The predicted octanol–water partition coefficient (Wildman–Crippen LogP) is 2.97. The third-order valence-electron chi connectivity index (χ3n) is 6.69. The summed E-state index contributed by atoms with van der Waals surface area (Å²) in [6.07, 6.45) is 2.43. The van der Waals surface area contributed by atoms with Gasteiger partial charge in [-0.2, -0.15) is 8.42 Å². The Morgan fingerprint density at radius 2 is 1.63 bits per heavy atom. The number of aryl methyl sites for hydroxylation is 1. The maximum atomic E-state index is 13.4. The van der Waals surface area contributed by atoms with Gasteiger partial charge >= 0.3 is 5.97 Å². The highest BCUT2D eigenvalue weighted by atomic mass is 32.2. The van der Waals surface area contributed by atoms with E-state index in [-0.39, 0.29) is 18.1 Å². The minimum Gasteiger partial charge on any atom is -0.424 e. The molecule has 4 rings (SSSR count). The summed E-state index contributed by atoms with van der Waals surface area (Å²) < 4.78 is 35.3. The molecule has 188 valence electrons. The summed E-state index contributed by atoms with van der Waals surface area (Å²) >= 11 is 0. The van der Waals surface area contributed by atoms with Crippen molar-refractivity contribution >= 4 is 22.0 Å². The van der Waals surface area contributed by atoms with E-state index in [1.807, 2.05) is 17.0 Å². The summed E-state index contributed by atoms with van der Waals surface area (Å²) in [6, 6.07) is 14.0. The van der Waals surface area contributed by atoms with Gasteiger partial charge in [-0.1, -0.05) is 24.3 Å². The fourth-order valence-corrected chi connectivity index (χ4v) is 5.62. The fraction of sp³-hybridized carbons (Fsp3) is 0.462. The van der Waals surface area contributed by atoms with E-state index >= 15 is 0 Å². The van der Waals surface area contributed by atoms with Crippen LogP contribution in [0, 0.1) is 0 Å². The van der Waals surface area contributed by atoms with Crippen molar-refractivity contribution in [2.75, 3.05) is 32.4 Å². The number of amides is 1. The standard InChI is InChI=1S/C26H32N2O6S/c1-19(2)27-15-17-28(18-16-27)24(29)21-10-12-22(13-11-21)33-25(30)26(34-35(3,31)32)14-6-8-20-7-4-5-9-23(20)26/h4-5,7,9-13,19H,6,8,14-18H2,1-3H3. The third-order valence-corrected chi connectivity index (χ3v) is 7.28. The largest absolute Gasteiger partial charge is 0.424 e. The van der Waals surface area contributed by atoms with Gasteiger partial charge in [0.2, 0.25) is 5.60 Å². The number of nitrogens with zero attached hydrogens (tertiary/aromatic N) is 2. The van der Waals surface area contributed by atoms with Crippen LogP contribution in [0.15, 0.2) is 48.5 Å². The van der Waals surface area contributed by atoms with Crippen LogP contribution in [0.1, 0.15) is 48.2 Å². The number of hydrogen-bond donors (Lipinski definition) is 0. The van der Waals surface area contributed by atoms with Crippen molar-refractivity contribution in [2.45, 2.75) is 44.8 Å². The molecule has 0 aromatic heterocycles. The van der Waals surface area contributed by atoms with Gasteiger partial charge in [0, 0.05) is 37.8 Å². The average molecular weight is 501 g/mol. The first-order chi connectivity index (χ1) is 16.6. The minimum absolute atomic E-state index is 0.0654. The zero-order valence-corrected chi connectivity index (χ0v) is 21.2. The number of esters is 1. The number of hydrogen-bond acceptors (Lipinski definition) is 7. The van der Waals surface area contributed by atoms with Gasteiger partial charge in [0.25, 0.3) is 16.0 Å². The molecule has 1 atom stereocenters. The van der Waals surface area contributed by atoms with E-state index < -0.39 is 21.7 Å². The van der Waals surface area contributed by atoms with Crippen LogP contribution in [0.4, 0.5) is 0 Å². The summed E-state index contributed by atoms with van der Waals surface area (Å²) in [6.45, 7) is 7.30. The molecule has 1 aliphatic carbocycles. The van der Waals surface area contributed by atoms with Gasteiger partial charge in [-0.15, -0.1) is 0 Å². The normalized spacial score (nSPS) is 21.0. The van der Waals surface area contributed by atoms with Crippen LogP contribution in [0.5, 0.6) is 5.75 Å². The number of carbonyl (C=O) groups excluding carboxylic acids is 2. The summed E-state index contributed by atoms with van der Waals surface area (Å²) in [5, 5.41) is 0. The predicted molar refractivity (Wildman–Crippen MR) is 132 cm³/mol. The molecule has 1 heterocycles. The van der Waals surface area contributed by atoms with Gasteiger partial charge in [-0.05, 0) is 68.5 Å². The number of piperazine rings is 1. The highest BCUT2D eigenvalue weighted by molar-refractivity contribution is 7.86. The quantitative estimate of drug-likeness (QED) is 0.342. The first-order valence-electron chi connectivity index (χ1n) is 11.9. The Morgan fingerprint density at radius 3 is 2.26 bits per heavy atom. The minimum atomic E-state index is -3.96. The Kier molecular flexibility index (Phi) is 7.30. The molecule has 0 spiro atoms. The number of ether oxygens (including phenoxy) is 1. The molecule has 1 saturated heterocycles. The summed E-state index contributed by atoms with van der Waals surface area (Å²) in [5.41, 5.74) is 0.132. The van der Waals surface area contributed by atoms with Gasteiger partial charge in [-0.3, -0.25) is 9.69 Å². The molecule has 35 heavy (non-hydrogen) atoms. The van der Waals surface area contributed by atoms with Gasteiger partial charge in [0.15, 0.2) is 0 Å².